The quantitative estimate of drug-likeness (QED) is 0.596. The molecule has 0 unspecified atom stereocenters. The molecule has 0 amide bonds. The van der Waals surface area contributed by atoms with E-state index < -0.39 is 0 Å². The lowest BCUT2D eigenvalue weighted by molar-refractivity contribution is 0.732. The Hall–Kier alpha value is -1.65. The van der Waals surface area contributed by atoms with Gasteiger partial charge < -0.3 is 10.6 Å². The van der Waals surface area contributed by atoms with Crippen molar-refractivity contribution in [2.24, 2.45) is 5.73 Å². The second-order valence-corrected chi connectivity index (χ2v) is 4.53. The van der Waals surface area contributed by atoms with Crippen LogP contribution in [-0.2, 0) is 0 Å². The molecule has 1 aromatic heterocycles. The number of nitrogens with one attached hydrogen (secondary N) is 1. The standard InChI is InChI=1S/C12H19N5/c1-3-6-17(9-4-5-9)12-15-8(2)7-10(16-12)11(13)14/h7,9H,3-6H2,1-2H3,(H3,13,14). The van der Waals surface area contributed by atoms with E-state index in [0.29, 0.717) is 11.7 Å². The molecule has 0 radical (unpaired) electrons. The van der Waals surface area contributed by atoms with Gasteiger partial charge in [0.15, 0.2) is 0 Å². The number of nitrogens with two attached hydrogens (primary N) is 1. The van der Waals surface area contributed by atoms with E-state index in [9.17, 15) is 0 Å². The number of hydrogen-bond acceptors (Lipinski definition) is 4. The Morgan fingerprint density at radius 3 is 2.76 bits per heavy atom. The number of anilines is 1. The van der Waals surface area contributed by atoms with Crippen molar-refractivity contribution in [1.82, 2.24) is 9.97 Å². The highest BCUT2D eigenvalue weighted by molar-refractivity contribution is 5.93. The zero-order valence-electron chi connectivity index (χ0n) is 10.4. The monoisotopic (exact) mass is 233 g/mol. The van der Waals surface area contributed by atoms with E-state index in [-0.39, 0.29) is 5.84 Å². The van der Waals surface area contributed by atoms with Crippen LogP contribution in [0.15, 0.2) is 6.07 Å². The van der Waals surface area contributed by atoms with Crippen molar-refractivity contribution >= 4 is 11.8 Å². The van der Waals surface area contributed by atoms with Crippen LogP contribution in [0.3, 0.4) is 0 Å². The lowest BCUT2D eigenvalue weighted by Gasteiger charge is -2.22. The van der Waals surface area contributed by atoms with Crippen LogP contribution in [0.2, 0.25) is 0 Å². The highest BCUT2D eigenvalue weighted by atomic mass is 15.3. The van der Waals surface area contributed by atoms with Gasteiger partial charge in [-0.15, -0.1) is 0 Å². The molecule has 17 heavy (non-hydrogen) atoms. The van der Waals surface area contributed by atoms with Crippen LogP contribution in [0.25, 0.3) is 0 Å². The summed E-state index contributed by atoms with van der Waals surface area (Å²) in [5.41, 5.74) is 6.88. The Labute approximate surface area is 102 Å². The number of nitrogens with zero attached hydrogens (tertiary/aromatic N) is 3. The Morgan fingerprint density at radius 1 is 1.53 bits per heavy atom. The van der Waals surface area contributed by atoms with Crippen molar-refractivity contribution in [2.75, 3.05) is 11.4 Å². The molecule has 1 aromatic rings. The third kappa shape index (κ3) is 2.72. The Morgan fingerprint density at radius 2 is 2.24 bits per heavy atom. The summed E-state index contributed by atoms with van der Waals surface area (Å²) < 4.78 is 0. The maximum Gasteiger partial charge on any atom is 0.226 e. The minimum atomic E-state index is 0.00370. The fourth-order valence-corrected chi connectivity index (χ4v) is 1.89. The maximum absolute atomic E-state index is 7.46. The Bertz CT molecular complexity index is 425. The van der Waals surface area contributed by atoms with E-state index in [4.69, 9.17) is 11.1 Å². The van der Waals surface area contributed by atoms with Gasteiger partial charge in [0.2, 0.25) is 5.95 Å². The second-order valence-electron chi connectivity index (χ2n) is 4.53. The molecular formula is C12H19N5. The summed E-state index contributed by atoms with van der Waals surface area (Å²) in [5, 5.41) is 7.46. The number of hydrogen-bond donors (Lipinski definition) is 2. The predicted octanol–water partition coefficient (Wildman–Crippen LogP) is 1.45. The normalized spacial score (nSPS) is 14.7. The van der Waals surface area contributed by atoms with Gasteiger partial charge >= 0.3 is 0 Å². The topological polar surface area (TPSA) is 78.9 Å². The zero-order chi connectivity index (χ0) is 12.4. The van der Waals surface area contributed by atoms with Gasteiger partial charge in [0.25, 0.3) is 0 Å². The largest absolute Gasteiger partial charge is 0.382 e. The highest BCUT2D eigenvalue weighted by Crippen LogP contribution is 2.30. The second kappa shape index (κ2) is 4.69. The van der Waals surface area contributed by atoms with Gasteiger partial charge in [-0.05, 0) is 32.3 Å². The molecule has 0 atom stereocenters. The zero-order valence-corrected chi connectivity index (χ0v) is 10.4. The Kier molecular flexibility index (Phi) is 3.26. The van der Waals surface area contributed by atoms with E-state index >= 15 is 0 Å². The third-order valence-electron chi connectivity index (χ3n) is 2.83. The van der Waals surface area contributed by atoms with Crippen molar-refractivity contribution in [1.29, 1.82) is 5.41 Å². The van der Waals surface area contributed by atoms with Gasteiger partial charge in [-0.1, -0.05) is 6.92 Å². The number of amidine groups is 1. The van der Waals surface area contributed by atoms with Crippen LogP contribution in [0.4, 0.5) is 5.95 Å². The minimum Gasteiger partial charge on any atom is -0.382 e. The molecule has 92 valence electrons. The Balaban J connectivity index is 2.31. The van der Waals surface area contributed by atoms with E-state index in [2.05, 4.69) is 21.8 Å². The molecule has 1 aliphatic carbocycles. The average molecular weight is 233 g/mol. The van der Waals surface area contributed by atoms with Gasteiger partial charge in [0.05, 0.1) is 0 Å². The van der Waals surface area contributed by atoms with Crippen LogP contribution in [-0.4, -0.2) is 28.4 Å². The summed E-state index contributed by atoms with van der Waals surface area (Å²) in [6, 6.07) is 2.33. The van der Waals surface area contributed by atoms with Gasteiger partial charge in [0.1, 0.15) is 11.5 Å². The van der Waals surface area contributed by atoms with Crippen molar-refractivity contribution < 1.29 is 0 Å². The molecule has 3 N–H and O–H groups in total. The van der Waals surface area contributed by atoms with E-state index in [0.717, 1.165) is 24.6 Å². The number of rotatable bonds is 5. The molecule has 0 spiro atoms. The van der Waals surface area contributed by atoms with Crippen LogP contribution < -0.4 is 10.6 Å². The number of nitrogen functional groups attached to an aromatic ring is 1. The summed E-state index contributed by atoms with van der Waals surface area (Å²) in [6.07, 6.45) is 3.50. The van der Waals surface area contributed by atoms with Gasteiger partial charge in [0, 0.05) is 18.3 Å². The molecule has 1 saturated carbocycles. The fraction of sp³-hybridized carbons (Fsp3) is 0.583. The number of aromatic nitrogens is 2. The van der Waals surface area contributed by atoms with Crippen LogP contribution in [0, 0.1) is 12.3 Å². The fourth-order valence-electron chi connectivity index (χ4n) is 1.89. The smallest absolute Gasteiger partial charge is 0.226 e. The van der Waals surface area contributed by atoms with E-state index in [1.54, 1.807) is 6.07 Å². The van der Waals surface area contributed by atoms with Crippen LogP contribution in [0.1, 0.15) is 37.6 Å². The van der Waals surface area contributed by atoms with Gasteiger partial charge in [-0.25, -0.2) is 9.97 Å². The molecule has 1 fully saturated rings. The van der Waals surface area contributed by atoms with Crippen molar-refractivity contribution in [2.45, 2.75) is 39.2 Å². The van der Waals surface area contributed by atoms with Crippen LogP contribution in [0.5, 0.6) is 0 Å². The first-order valence-corrected chi connectivity index (χ1v) is 6.08. The molecule has 0 aromatic carbocycles. The summed E-state index contributed by atoms with van der Waals surface area (Å²) >= 11 is 0. The third-order valence-corrected chi connectivity index (χ3v) is 2.83. The lowest BCUT2D eigenvalue weighted by Crippen LogP contribution is -2.29. The molecule has 5 nitrogen and oxygen atoms in total. The SMILES string of the molecule is CCCN(c1nc(C)cc(C(=N)N)n1)C1CC1. The van der Waals surface area contributed by atoms with Crippen LogP contribution >= 0.6 is 0 Å². The molecule has 1 aliphatic rings. The molecule has 1 heterocycles. The molecular weight excluding hydrogens is 214 g/mol. The summed E-state index contributed by atoms with van der Waals surface area (Å²) in [6.45, 7) is 5.02. The molecule has 5 heteroatoms. The van der Waals surface area contributed by atoms with Gasteiger partial charge in [-0.3, -0.25) is 5.41 Å². The first kappa shape index (κ1) is 11.8. The summed E-state index contributed by atoms with van der Waals surface area (Å²) in [4.78, 5) is 11.1. The predicted molar refractivity (Wildman–Crippen MR) is 68.4 cm³/mol. The summed E-state index contributed by atoms with van der Waals surface area (Å²) in [5.74, 6) is 0.726. The molecule has 2 rings (SSSR count). The molecule has 0 bridgehead atoms. The summed E-state index contributed by atoms with van der Waals surface area (Å²) in [7, 11) is 0. The van der Waals surface area contributed by atoms with Crippen molar-refractivity contribution in [3.8, 4) is 0 Å². The molecule has 0 saturated heterocycles. The van der Waals surface area contributed by atoms with Crippen molar-refractivity contribution in [3.05, 3.63) is 17.5 Å². The first-order valence-electron chi connectivity index (χ1n) is 6.08. The van der Waals surface area contributed by atoms with E-state index in [1.165, 1.54) is 12.8 Å². The van der Waals surface area contributed by atoms with E-state index in [1.807, 2.05) is 6.92 Å². The highest BCUT2D eigenvalue weighted by Gasteiger charge is 2.30. The maximum atomic E-state index is 7.46. The van der Waals surface area contributed by atoms with Gasteiger partial charge in [-0.2, -0.15) is 0 Å². The first-order chi connectivity index (χ1) is 8.11. The molecule has 0 aliphatic heterocycles. The lowest BCUT2D eigenvalue weighted by atomic mass is 10.3. The average Bonchev–Trinajstić information content (AvgIpc) is 3.08. The van der Waals surface area contributed by atoms with Crippen molar-refractivity contribution in [3.63, 3.8) is 0 Å². The minimum absolute atomic E-state index is 0.00370. The number of aryl methyl sites for hydroxylation is 1.